The third-order valence-corrected chi connectivity index (χ3v) is 11.2. The molecular weight excluding hydrogens is 653 g/mol. The predicted octanol–water partition coefficient (Wildman–Crippen LogP) is 16.4. The fourth-order valence-corrected chi connectivity index (χ4v) is 7.92. The Labute approximate surface area is 331 Å². The van der Waals surface area contributed by atoms with Gasteiger partial charge in [-0.15, -0.1) is 0 Å². The van der Waals surface area contributed by atoms with E-state index in [4.69, 9.17) is 5.11 Å². The summed E-state index contributed by atoms with van der Waals surface area (Å²) in [5.74, 6) is 0. The molecule has 2 heteroatoms. The van der Waals surface area contributed by atoms with Crippen LogP contribution in [0.4, 0.5) is 5.69 Å². The molecule has 54 heavy (non-hydrogen) atoms. The van der Waals surface area contributed by atoms with Crippen molar-refractivity contribution >= 4 is 11.8 Å². The summed E-state index contributed by atoms with van der Waals surface area (Å²) in [4.78, 5) is 0. The highest BCUT2D eigenvalue weighted by Gasteiger charge is 2.14. The lowest BCUT2D eigenvalue weighted by atomic mass is 9.87. The van der Waals surface area contributed by atoms with Crippen molar-refractivity contribution in [2.24, 2.45) is 5.11 Å². The van der Waals surface area contributed by atoms with Crippen LogP contribution in [0.2, 0.25) is 0 Å². The number of unbranched alkanes of at least 4 members (excludes halogenated alkanes) is 15. The molecule has 0 heterocycles. The molecule has 4 rings (SSSR count). The maximum atomic E-state index is 5.15. The van der Waals surface area contributed by atoms with Crippen LogP contribution in [0, 0.1) is 6.92 Å². The van der Waals surface area contributed by atoms with E-state index in [-0.39, 0.29) is 0 Å². The second kappa shape index (κ2) is 25.3. The van der Waals surface area contributed by atoms with Gasteiger partial charge in [-0.2, -0.15) is 0 Å². The number of benzene rings is 4. The van der Waals surface area contributed by atoms with Gasteiger partial charge in [0.2, 0.25) is 0 Å². The Morgan fingerprint density at radius 3 is 1.54 bits per heavy atom. The summed E-state index contributed by atoms with van der Waals surface area (Å²) in [6, 6.07) is 31.5. The molecular formula is C52H73N2+. The van der Waals surface area contributed by atoms with Crippen LogP contribution in [-0.4, -0.2) is 11.7 Å². The molecule has 0 saturated heterocycles. The van der Waals surface area contributed by atoms with Gasteiger partial charge in [0.15, 0.2) is 13.2 Å². The van der Waals surface area contributed by atoms with Gasteiger partial charge in [-0.1, -0.05) is 189 Å². The maximum absolute atomic E-state index is 5.15. The fraction of sp³-hybridized carbons (Fsp3) is 0.500. The summed E-state index contributed by atoms with van der Waals surface area (Å²) in [6.07, 6.45) is 31.7. The highest BCUT2D eigenvalue weighted by Crippen LogP contribution is 2.34. The molecule has 0 fully saturated rings. The number of nitrogens with zero attached hydrogens (tertiary/aromatic N) is 2. The minimum Gasteiger partial charge on any atom is -0.0934 e. The van der Waals surface area contributed by atoms with E-state index in [1.54, 1.807) is 11.1 Å². The van der Waals surface area contributed by atoms with Gasteiger partial charge in [-0.3, -0.25) is 0 Å². The van der Waals surface area contributed by atoms with E-state index in [1.807, 2.05) is 4.70 Å². The molecule has 0 unspecified atom stereocenters. The number of azo groups is 2. The van der Waals surface area contributed by atoms with Gasteiger partial charge in [0.05, 0.1) is 0 Å². The van der Waals surface area contributed by atoms with E-state index < -0.39 is 0 Å². The van der Waals surface area contributed by atoms with Crippen LogP contribution in [0.1, 0.15) is 164 Å². The molecule has 4 aromatic rings. The van der Waals surface area contributed by atoms with Gasteiger partial charge in [0, 0.05) is 6.08 Å². The molecule has 0 aromatic heterocycles. The lowest BCUT2D eigenvalue weighted by Gasteiger charge is -2.17. The second-order valence-electron chi connectivity index (χ2n) is 15.8. The highest BCUT2D eigenvalue weighted by atomic mass is 15.2. The highest BCUT2D eigenvalue weighted by molar-refractivity contribution is 5.73. The van der Waals surface area contributed by atoms with Crippen molar-refractivity contribution in [1.29, 1.82) is 0 Å². The molecule has 0 spiro atoms. The van der Waals surface area contributed by atoms with Crippen LogP contribution in [0.3, 0.4) is 0 Å². The Kier molecular flexibility index (Phi) is 20.1. The van der Waals surface area contributed by atoms with Crippen LogP contribution >= 0.6 is 0 Å². The Morgan fingerprint density at radius 1 is 0.500 bits per heavy atom. The van der Waals surface area contributed by atoms with Gasteiger partial charge < -0.3 is 0 Å². The standard InChI is InChI=1S/C52H73N2/c1-6-9-12-15-18-23-34-47-41-49(42-51(43(47)4)45-30-25-21-26-31-45)53-54(5)38-37-44-39-48(35-24-19-16-13-10-7-2)50(36-29-20-17-14-11-8-3)52(40-44)46-32-27-22-28-33-46/h21-22,25-28,30-33,37-42H,6-20,23-24,29,34-36H2,1-5H3/q+1. The smallest absolute Gasteiger partial charge is 0.0934 e. The van der Waals surface area contributed by atoms with Crippen LogP contribution in [-0.2, 0) is 19.3 Å². The van der Waals surface area contributed by atoms with E-state index in [1.165, 1.54) is 161 Å². The number of aryl methyl sites for hydroxylation is 2. The number of hydrogen-bond donors (Lipinski definition) is 0. The minimum atomic E-state index is 1.02. The van der Waals surface area contributed by atoms with Gasteiger partial charge in [0.25, 0.3) is 0 Å². The summed E-state index contributed by atoms with van der Waals surface area (Å²) < 4.78 is 2.01. The summed E-state index contributed by atoms with van der Waals surface area (Å²) in [6.45, 7) is 9.20. The quantitative estimate of drug-likeness (QED) is 0.0348. The van der Waals surface area contributed by atoms with Crippen molar-refractivity contribution in [3.05, 3.63) is 119 Å². The first-order valence-corrected chi connectivity index (χ1v) is 22.1. The molecule has 4 aromatic carbocycles. The number of rotatable bonds is 26. The van der Waals surface area contributed by atoms with Crippen molar-refractivity contribution in [2.75, 3.05) is 7.05 Å². The largest absolute Gasteiger partial charge is 0.196 e. The van der Waals surface area contributed by atoms with Crippen LogP contribution < -0.4 is 0 Å². The van der Waals surface area contributed by atoms with Gasteiger partial charge in [0.1, 0.15) is 5.69 Å². The van der Waals surface area contributed by atoms with Crippen molar-refractivity contribution in [1.82, 2.24) is 0 Å². The molecule has 2 nitrogen and oxygen atoms in total. The van der Waals surface area contributed by atoms with E-state index in [0.717, 1.165) is 18.5 Å². The molecule has 0 bridgehead atoms. The minimum absolute atomic E-state index is 1.02. The van der Waals surface area contributed by atoms with E-state index in [0.29, 0.717) is 0 Å². The van der Waals surface area contributed by atoms with Gasteiger partial charge in [-0.25, -0.2) is 0 Å². The molecule has 0 aliphatic rings. The van der Waals surface area contributed by atoms with Crippen molar-refractivity contribution in [2.45, 2.75) is 163 Å². The SMILES string of the molecule is CCCCCCCCc1cc(N=[N+](C)C=Cc2cc(CCCCCCCC)c(CCCCCCCC)c(-c3ccccc3)c2)cc(-c2ccccc2)c1C. The normalized spacial score (nSPS) is 11.9. The third-order valence-electron chi connectivity index (χ3n) is 11.2. The third kappa shape index (κ3) is 14.8. The van der Waals surface area contributed by atoms with Crippen LogP contribution in [0.5, 0.6) is 0 Å². The van der Waals surface area contributed by atoms with Crippen molar-refractivity contribution < 1.29 is 4.70 Å². The molecule has 0 saturated carbocycles. The zero-order valence-electron chi connectivity index (χ0n) is 35.0. The summed E-state index contributed by atoms with van der Waals surface area (Å²) in [5.41, 5.74) is 13.5. The fourth-order valence-electron chi connectivity index (χ4n) is 7.92. The van der Waals surface area contributed by atoms with E-state index in [2.05, 4.69) is 132 Å². The molecule has 0 amide bonds. The molecule has 290 valence electrons. The maximum Gasteiger partial charge on any atom is 0.196 e. The molecule has 0 radical (unpaired) electrons. The first-order chi connectivity index (χ1) is 26.5. The Hall–Kier alpha value is -3.78. The van der Waals surface area contributed by atoms with Crippen molar-refractivity contribution in [3.8, 4) is 22.3 Å². The zero-order valence-corrected chi connectivity index (χ0v) is 35.0. The average molecular weight is 726 g/mol. The first kappa shape index (κ1) is 43.0. The average Bonchev–Trinajstić information content (AvgIpc) is 3.20. The monoisotopic (exact) mass is 726 g/mol. The Bertz CT molecular complexity index is 1680. The summed E-state index contributed by atoms with van der Waals surface area (Å²) >= 11 is 0. The molecule has 0 atom stereocenters. The predicted molar refractivity (Wildman–Crippen MR) is 237 cm³/mol. The molecule has 0 aliphatic carbocycles. The summed E-state index contributed by atoms with van der Waals surface area (Å²) in [7, 11) is 2.08. The molecule has 0 N–H and O–H groups in total. The van der Waals surface area contributed by atoms with Gasteiger partial charge in [-0.05, 0) is 119 Å². The Balaban J connectivity index is 1.63. The topological polar surface area (TPSA) is 15.4 Å². The van der Waals surface area contributed by atoms with Gasteiger partial charge >= 0.3 is 0 Å². The van der Waals surface area contributed by atoms with Crippen molar-refractivity contribution in [3.63, 3.8) is 0 Å². The number of hydrogen-bond acceptors (Lipinski definition) is 1. The van der Waals surface area contributed by atoms with E-state index in [9.17, 15) is 0 Å². The first-order valence-electron chi connectivity index (χ1n) is 22.1. The van der Waals surface area contributed by atoms with E-state index >= 15 is 0 Å². The Morgan fingerprint density at radius 2 is 0.981 bits per heavy atom. The van der Waals surface area contributed by atoms with Crippen LogP contribution in [0.15, 0.2) is 96.2 Å². The zero-order chi connectivity index (χ0) is 38.2. The summed E-state index contributed by atoms with van der Waals surface area (Å²) in [5, 5.41) is 5.15. The molecule has 0 aliphatic heterocycles. The lowest BCUT2D eigenvalue weighted by Crippen LogP contribution is -2.01. The van der Waals surface area contributed by atoms with Crippen LogP contribution in [0.25, 0.3) is 28.3 Å². The lowest BCUT2D eigenvalue weighted by molar-refractivity contribution is -0.491. The second-order valence-corrected chi connectivity index (χ2v) is 15.8.